The number of amides is 5. The van der Waals surface area contributed by atoms with Gasteiger partial charge in [0.1, 0.15) is 11.5 Å². The number of esters is 2. The Bertz CT molecular complexity index is 1450. The summed E-state index contributed by atoms with van der Waals surface area (Å²) in [4.78, 5) is 86.1. The van der Waals surface area contributed by atoms with Gasteiger partial charge in [0.25, 0.3) is 0 Å². The fourth-order valence-electron chi connectivity index (χ4n) is 4.63. The molecule has 5 amide bonds. The second kappa shape index (κ2) is 20.3. The van der Waals surface area contributed by atoms with Crippen molar-refractivity contribution in [3.05, 3.63) is 41.5 Å². The Balaban J connectivity index is 2.12. The number of nitrogens with one attached hydrogen (secondary N) is 4. The van der Waals surface area contributed by atoms with Crippen molar-refractivity contribution in [2.75, 3.05) is 31.6 Å². The Morgan fingerprint density at radius 2 is 1.52 bits per heavy atom. The first-order valence-electron chi connectivity index (χ1n) is 16.6. The molecule has 0 unspecified atom stereocenters. The van der Waals surface area contributed by atoms with Gasteiger partial charge in [-0.05, 0) is 66.9 Å². The number of urea groups is 1. The smallest absolute Gasteiger partial charge is 0.330 e. The summed E-state index contributed by atoms with van der Waals surface area (Å²) in [7, 11) is 0. The van der Waals surface area contributed by atoms with Crippen molar-refractivity contribution in [3.63, 3.8) is 0 Å². The summed E-state index contributed by atoms with van der Waals surface area (Å²) in [6.07, 6.45) is 6.52. The largest absolute Gasteiger partial charge is 0.480 e. The zero-order valence-corrected chi connectivity index (χ0v) is 29.0. The van der Waals surface area contributed by atoms with Gasteiger partial charge in [-0.1, -0.05) is 46.2 Å². The predicted molar refractivity (Wildman–Crippen MR) is 185 cm³/mol. The minimum absolute atomic E-state index is 0.0698. The number of carbonyl (C=O) groups is 7. The first kappa shape index (κ1) is 41.0. The van der Waals surface area contributed by atoms with Crippen molar-refractivity contribution in [1.82, 2.24) is 16.0 Å². The van der Waals surface area contributed by atoms with Gasteiger partial charge in [-0.3, -0.25) is 19.2 Å². The zero-order valence-electron chi connectivity index (χ0n) is 29.0. The van der Waals surface area contributed by atoms with E-state index in [9.17, 15) is 38.7 Å². The van der Waals surface area contributed by atoms with Gasteiger partial charge < -0.3 is 41.6 Å². The Morgan fingerprint density at radius 1 is 0.900 bits per heavy atom. The van der Waals surface area contributed by atoms with Gasteiger partial charge in [0, 0.05) is 37.3 Å². The molecule has 0 aliphatic heterocycles. The molecule has 0 aromatic heterocycles. The van der Waals surface area contributed by atoms with Crippen LogP contribution in [0.5, 0.6) is 0 Å². The molecule has 0 spiro atoms. The number of carbonyl (C=O) groups excluding carboxylic acids is 6. The van der Waals surface area contributed by atoms with Gasteiger partial charge in [0.2, 0.25) is 17.7 Å². The van der Waals surface area contributed by atoms with Crippen molar-refractivity contribution in [3.8, 4) is 0 Å². The number of rotatable bonds is 20. The normalized spacial score (nSPS) is 14.1. The van der Waals surface area contributed by atoms with Gasteiger partial charge in [0.15, 0.2) is 0 Å². The van der Waals surface area contributed by atoms with E-state index in [1.54, 1.807) is 18.2 Å². The van der Waals surface area contributed by atoms with Gasteiger partial charge >= 0.3 is 23.9 Å². The highest BCUT2D eigenvalue weighted by atomic mass is 16.5. The molecule has 1 fully saturated rings. The van der Waals surface area contributed by atoms with Crippen LogP contribution in [0.15, 0.2) is 30.4 Å². The van der Waals surface area contributed by atoms with E-state index in [0.29, 0.717) is 23.2 Å². The number of anilines is 1. The molecule has 1 aliphatic rings. The lowest BCUT2D eigenvalue weighted by atomic mass is 9.68. The van der Waals surface area contributed by atoms with E-state index in [0.717, 1.165) is 0 Å². The maximum Gasteiger partial charge on any atom is 0.330 e. The molecular formula is C35H49N5O10. The average Bonchev–Trinajstić information content (AvgIpc) is 3.01. The number of carboxylic acid groups (broad SMARTS) is 1. The molecule has 15 heteroatoms. The van der Waals surface area contributed by atoms with E-state index < -0.39 is 53.1 Å². The fraction of sp³-hybridized carbons (Fsp3) is 0.514. The average molecular weight is 700 g/mol. The number of hydrogen-bond donors (Lipinski definition) is 6. The van der Waals surface area contributed by atoms with Gasteiger partial charge in [0.05, 0.1) is 13.2 Å². The number of carboxylic acids is 1. The third kappa shape index (κ3) is 14.1. The standard InChI is InChI=1S/C35H49N5O10/c1-22(2)20-49-29(42)12-9-24-8-10-25(11-13-30(43)50-21-23(3)4)27(19-24)39-28(41)14-18-37-31(44)26(7-5-17-38-34(36)48)40-32(45)35(33(46)47)15-6-16-35/h8-13,19,22-23,26H,5-7,14-18,20-21H2,1-4H3,(H,37,44)(H,39,41)(H,40,45)(H,46,47)(H3,36,38,48)/b12-9+,13-11+/t26-/m0/s1. The Hall–Kier alpha value is -5.21. The topological polar surface area (TPSA) is 232 Å². The van der Waals surface area contributed by atoms with Crippen LogP contribution >= 0.6 is 0 Å². The SMILES string of the molecule is CC(C)COC(=O)/C=C/c1ccc(/C=C/C(=O)OCC(C)C)c(NC(=O)CCNC(=O)[C@H](CCCNC(N)=O)NC(=O)C2(C(=O)O)CCC2)c1. The van der Waals surface area contributed by atoms with Crippen LogP contribution in [0, 0.1) is 17.3 Å². The van der Waals surface area contributed by atoms with E-state index in [1.807, 2.05) is 27.7 Å². The van der Waals surface area contributed by atoms with E-state index in [-0.39, 0.29) is 70.2 Å². The maximum absolute atomic E-state index is 13.1. The van der Waals surface area contributed by atoms with Crippen LogP contribution < -0.4 is 27.0 Å². The molecular weight excluding hydrogens is 650 g/mol. The Morgan fingerprint density at radius 3 is 2.06 bits per heavy atom. The van der Waals surface area contributed by atoms with E-state index >= 15 is 0 Å². The van der Waals surface area contributed by atoms with E-state index in [1.165, 1.54) is 24.3 Å². The summed E-state index contributed by atoms with van der Waals surface area (Å²) in [5.74, 6) is -3.93. The first-order valence-corrected chi connectivity index (χ1v) is 16.6. The van der Waals surface area contributed by atoms with Crippen LogP contribution in [0.1, 0.15) is 77.3 Å². The highest BCUT2D eigenvalue weighted by Crippen LogP contribution is 2.41. The number of hydrogen-bond acceptors (Lipinski definition) is 9. The first-order chi connectivity index (χ1) is 23.6. The van der Waals surface area contributed by atoms with Crippen LogP contribution in [0.3, 0.4) is 0 Å². The van der Waals surface area contributed by atoms with Crippen LogP contribution in [0.25, 0.3) is 12.2 Å². The summed E-state index contributed by atoms with van der Waals surface area (Å²) in [6.45, 7) is 8.14. The number of ether oxygens (including phenoxy) is 2. The third-order valence-electron chi connectivity index (χ3n) is 7.57. The lowest BCUT2D eigenvalue weighted by molar-refractivity contribution is -0.163. The summed E-state index contributed by atoms with van der Waals surface area (Å²) in [6, 6.07) is 3.06. The molecule has 274 valence electrons. The molecule has 2 rings (SSSR count). The van der Waals surface area contributed by atoms with Crippen LogP contribution in [0.2, 0.25) is 0 Å². The molecule has 7 N–H and O–H groups in total. The number of benzene rings is 1. The molecule has 0 bridgehead atoms. The second-order valence-electron chi connectivity index (χ2n) is 12.9. The molecule has 15 nitrogen and oxygen atoms in total. The number of aliphatic carboxylic acids is 1. The molecule has 0 saturated heterocycles. The molecule has 50 heavy (non-hydrogen) atoms. The van der Waals surface area contributed by atoms with Crippen LogP contribution in [0.4, 0.5) is 10.5 Å². The second-order valence-corrected chi connectivity index (χ2v) is 12.9. The molecule has 1 aromatic carbocycles. The predicted octanol–water partition coefficient (Wildman–Crippen LogP) is 2.74. The summed E-state index contributed by atoms with van der Waals surface area (Å²) >= 11 is 0. The number of primary amides is 1. The molecule has 1 saturated carbocycles. The van der Waals surface area contributed by atoms with Crippen molar-refractivity contribution in [2.45, 2.75) is 72.3 Å². The molecule has 0 radical (unpaired) electrons. The third-order valence-corrected chi connectivity index (χ3v) is 7.57. The number of nitrogens with two attached hydrogens (primary N) is 1. The lowest BCUT2D eigenvalue weighted by Crippen LogP contribution is -2.56. The maximum atomic E-state index is 13.1. The molecule has 0 heterocycles. The van der Waals surface area contributed by atoms with Gasteiger partial charge in [-0.15, -0.1) is 0 Å². The van der Waals surface area contributed by atoms with Crippen LogP contribution in [-0.4, -0.2) is 79.1 Å². The minimum atomic E-state index is -1.60. The zero-order chi connectivity index (χ0) is 37.3. The van der Waals surface area contributed by atoms with E-state index in [4.69, 9.17) is 15.2 Å². The van der Waals surface area contributed by atoms with Crippen LogP contribution in [-0.2, 0) is 38.2 Å². The fourth-order valence-corrected chi connectivity index (χ4v) is 4.63. The van der Waals surface area contributed by atoms with Crippen molar-refractivity contribution in [2.24, 2.45) is 23.0 Å². The minimum Gasteiger partial charge on any atom is -0.480 e. The van der Waals surface area contributed by atoms with E-state index in [2.05, 4.69) is 21.3 Å². The quantitative estimate of drug-likeness (QED) is 0.0504. The van der Waals surface area contributed by atoms with Crippen molar-refractivity contribution in [1.29, 1.82) is 0 Å². The molecule has 1 atom stereocenters. The summed E-state index contributed by atoms with van der Waals surface area (Å²) in [5.41, 5.74) is 4.83. The van der Waals surface area contributed by atoms with Crippen molar-refractivity contribution < 1.29 is 48.1 Å². The molecule has 1 aromatic rings. The van der Waals surface area contributed by atoms with Gasteiger partial charge in [-0.2, -0.15) is 0 Å². The highest BCUT2D eigenvalue weighted by molar-refractivity contribution is 6.04. The Labute approximate surface area is 291 Å². The summed E-state index contributed by atoms with van der Waals surface area (Å²) < 4.78 is 10.3. The monoisotopic (exact) mass is 699 g/mol. The summed E-state index contributed by atoms with van der Waals surface area (Å²) in [5, 5.41) is 19.9. The van der Waals surface area contributed by atoms with Crippen molar-refractivity contribution >= 4 is 59.5 Å². The lowest BCUT2D eigenvalue weighted by Gasteiger charge is -2.36. The highest BCUT2D eigenvalue weighted by Gasteiger charge is 2.51. The van der Waals surface area contributed by atoms with Gasteiger partial charge in [-0.25, -0.2) is 14.4 Å². The molecule has 1 aliphatic carbocycles. The Kier molecular flexibility index (Phi) is 16.7.